The van der Waals surface area contributed by atoms with Crippen LogP contribution < -0.4 is 4.74 Å². The molecule has 3 aromatic rings. The van der Waals surface area contributed by atoms with Crippen LogP contribution in [-0.2, 0) is 0 Å². The monoisotopic (exact) mass is 224 g/mol. The van der Waals surface area contributed by atoms with Gasteiger partial charge in [-0.25, -0.2) is 4.98 Å². The lowest BCUT2D eigenvalue weighted by Crippen LogP contribution is -1.88. The molecule has 0 saturated carbocycles. The SMILES string of the molecule is COc1ccccc1-c1ccnc2[nH]ccc12. The van der Waals surface area contributed by atoms with Gasteiger partial charge in [0.25, 0.3) is 0 Å². The summed E-state index contributed by atoms with van der Waals surface area (Å²) in [5.74, 6) is 0.876. The summed E-state index contributed by atoms with van der Waals surface area (Å²) >= 11 is 0. The highest BCUT2D eigenvalue weighted by molar-refractivity contribution is 5.94. The highest BCUT2D eigenvalue weighted by atomic mass is 16.5. The molecule has 0 radical (unpaired) electrons. The summed E-state index contributed by atoms with van der Waals surface area (Å²) in [4.78, 5) is 7.40. The van der Waals surface area contributed by atoms with Crippen molar-refractivity contribution in [3.05, 3.63) is 48.8 Å². The van der Waals surface area contributed by atoms with Gasteiger partial charge in [0.15, 0.2) is 0 Å². The molecule has 3 heteroatoms. The van der Waals surface area contributed by atoms with Crippen LogP contribution in [0.2, 0.25) is 0 Å². The first kappa shape index (κ1) is 9.90. The zero-order valence-electron chi connectivity index (χ0n) is 9.47. The van der Waals surface area contributed by atoms with E-state index in [2.05, 4.69) is 16.0 Å². The molecule has 84 valence electrons. The molecule has 0 aliphatic heterocycles. The van der Waals surface area contributed by atoms with Crippen LogP contribution in [0.15, 0.2) is 48.8 Å². The number of H-pyrrole nitrogens is 1. The van der Waals surface area contributed by atoms with Gasteiger partial charge in [0.1, 0.15) is 11.4 Å². The minimum Gasteiger partial charge on any atom is -0.496 e. The summed E-state index contributed by atoms with van der Waals surface area (Å²) in [7, 11) is 1.69. The number of fused-ring (bicyclic) bond motifs is 1. The van der Waals surface area contributed by atoms with Gasteiger partial charge in [-0.05, 0) is 23.8 Å². The number of hydrogen-bond acceptors (Lipinski definition) is 2. The van der Waals surface area contributed by atoms with E-state index in [9.17, 15) is 0 Å². The Morgan fingerprint density at radius 2 is 1.94 bits per heavy atom. The van der Waals surface area contributed by atoms with Crippen LogP contribution in [0.1, 0.15) is 0 Å². The van der Waals surface area contributed by atoms with E-state index < -0.39 is 0 Å². The third-order valence-corrected chi connectivity index (χ3v) is 2.86. The van der Waals surface area contributed by atoms with Gasteiger partial charge in [-0.2, -0.15) is 0 Å². The predicted molar refractivity (Wildman–Crippen MR) is 68.1 cm³/mol. The second kappa shape index (κ2) is 3.94. The Morgan fingerprint density at radius 3 is 2.82 bits per heavy atom. The first-order chi connectivity index (χ1) is 8.40. The summed E-state index contributed by atoms with van der Waals surface area (Å²) in [6.07, 6.45) is 3.71. The Hall–Kier alpha value is -2.29. The molecule has 2 aromatic heterocycles. The maximum atomic E-state index is 5.39. The van der Waals surface area contributed by atoms with Crippen molar-refractivity contribution in [2.24, 2.45) is 0 Å². The van der Waals surface area contributed by atoms with Gasteiger partial charge >= 0.3 is 0 Å². The number of nitrogens with zero attached hydrogens (tertiary/aromatic N) is 1. The molecule has 0 atom stereocenters. The second-order valence-corrected chi connectivity index (χ2v) is 3.80. The van der Waals surface area contributed by atoms with Crippen molar-refractivity contribution in [3.63, 3.8) is 0 Å². The van der Waals surface area contributed by atoms with Crippen molar-refractivity contribution in [2.75, 3.05) is 7.11 Å². The van der Waals surface area contributed by atoms with Gasteiger partial charge in [-0.15, -0.1) is 0 Å². The third-order valence-electron chi connectivity index (χ3n) is 2.86. The number of methoxy groups -OCH3 is 1. The topological polar surface area (TPSA) is 37.9 Å². The highest BCUT2D eigenvalue weighted by Gasteiger charge is 2.09. The minimum atomic E-state index is 0.876. The fourth-order valence-corrected chi connectivity index (χ4v) is 2.06. The van der Waals surface area contributed by atoms with Crippen molar-refractivity contribution >= 4 is 11.0 Å². The molecular weight excluding hydrogens is 212 g/mol. The molecule has 3 rings (SSSR count). The Morgan fingerprint density at radius 1 is 1.06 bits per heavy atom. The quantitative estimate of drug-likeness (QED) is 0.725. The molecule has 1 N–H and O–H groups in total. The molecule has 0 amide bonds. The molecular formula is C14H12N2O. The lowest BCUT2D eigenvalue weighted by atomic mass is 10.0. The molecule has 2 heterocycles. The van der Waals surface area contributed by atoms with Gasteiger partial charge < -0.3 is 9.72 Å². The third kappa shape index (κ3) is 1.56. The van der Waals surface area contributed by atoms with E-state index >= 15 is 0 Å². The maximum absolute atomic E-state index is 5.39. The number of aromatic nitrogens is 2. The Labute approximate surface area is 99.1 Å². The Balaban J connectivity index is 2.30. The van der Waals surface area contributed by atoms with Gasteiger partial charge in [0.05, 0.1) is 7.11 Å². The van der Waals surface area contributed by atoms with Crippen molar-refractivity contribution in [1.82, 2.24) is 9.97 Å². The van der Waals surface area contributed by atoms with Crippen molar-refractivity contribution < 1.29 is 4.74 Å². The number of ether oxygens (including phenoxy) is 1. The van der Waals surface area contributed by atoms with Gasteiger partial charge in [0.2, 0.25) is 0 Å². The summed E-state index contributed by atoms with van der Waals surface area (Å²) in [5.41, 5.74) is 3.11. The zero-order valence-corrected chi connectivity index (χ0v) is 9.47. The highest BCUT2D eigenvalue weighted by Crippen LogP contribution is 2.33. The van der Waals surface area contributed by atoms with Gasteiger partial charge in [-0.3, -0.25) is 0 Å². The number of aromatic amines is 1. The summed E-state index contributed by atoms with van der Waals surface area (Å²) in [6.45, 7) is 0. The number of rotatable bonds is 2. The number of para-hydroxylation sites is 1. The molecule has 0 unspecified atom stereocenters. The van der Waals surface area contributed by atoms with E-state index in [1.165, 1.54) is 0 Å². The molecule has 1 aromatic carbocycles. The number of nitrogens with one attached hydrogen (secondary N) is 1. The van der Waals surface area contributed by atoms with Crippen LogP contribution in [-0.4, -0.2) is 17.1 Å². The summed E-state index contributed by atoms with van der Waals surface area (Å²) < 4.78 is 5.39. The van der Waals surface area contributed by atoms with E-state index in [0.29, 0.717) is 0 Å². The molecule has 3 nitrogen and oxygen atoms in total. The molecule has 17 heavy (non-hydrogen) atoms. The predicted octanol–water partition coefficient (Wildman–Crippen LogP) is 3.24. The standard InChI is InChI=1S/C14H12N2O/c1-17-13-5-3-2-4-11(13)10-6-8-15-14-12(10)7-9-16-14/h2-9H,1H3,(H,15,16). The van der Waals surface area contributed by atoms with Crippen LogP contribution in [0, 0.1) is 0 Å². The van der Waals surface area contributed by atoms with E-state index in [0.717, 1.165) is 27.9 Å². The molecule has 0 saturated heterocycles. The largest absolute Gasteiger partial charge is 0.496 e. The van der Waals surface area contributed by atoms with Gasteiger partial charge in [-0.1, -0.05) is 18.2 Å². The van der Waals surface area contributed by atoms with Crippen LogP contribution in [0.4, 0.5) is 0 Å². The first-order valence-corrected chi connectivity index (χ1v) is 5.45. The van der Waals surface area contributed by atoms with Crippen LogP contribution >= 0.6 is 0 Å². The van der Waals surface area contributed by atoms with Gasteiger partial charge in [0, 0.05) is 23.3 Å². The summed E-state index contributed by atoms with van der Waals surface area (Å²) in [6, 6.07) is 12.0. The fourth-order valence-electron chi connectivity index (χ4n) is 2.06. The van der Waals surface area contributed by atoms with Crippen LogP contribution in [0.25, 0.3) is 22.2 Å². The number of pyridine rings is 1. The molecule has 0 spiro atoms. The fraction of sp³-hybridized carbons (Fsp3) is 0.0714. The lowest BCUT2D eigenvalue weighted by Gasteiger charge is -2.08. The first-order valence-electron chi connectivity index (χ1n) is 5.45. The maximum Gasteiger partial charge on any atom is 0.137 e. The molecule has 0 bridgehead atoms. The van der Waals surface area contributed by atoms with Crippen molar-refractivity contribution in [2.45, 2.75) is 0 Å². The minimum absolute atomic E-state index is 0.876. The van der Waals surface area contributed by atoms with E-state index in [-0.39, 0.29) is 0 Å². The average Bonchev–Trinajstić information content (AvgIpc) is 2.86. The van der Waals surface area contributed by atoms with Crippen molar-refractivity contribution in [1.29, 1.82) is 0 Å². The van der Waals surface area contributed by atoms with Crippen LogP contribution in [0.3, 0.4) is 0 Å². The molecule has 0 aliphatic rings. The lowest BCUT2D eigenvalue weighted by molar-refractivity contribution is 0.416. The molecule has 0 aliphatic carbocycles. The normalized spacial score (nSPS) is 10.6. The second-order valence-electron chi connectivity index (χ2n) is 3.80. The summed E-state index contributed by atoms with van der Waals surface area (Å²) in [5, 5.41) is 1.11. The molecule has 0 fully saturated rings. The van der Waals surface area contributed by atoms with E-state index in [1.807, 2.05) is 36.5 Å². The van der Waals surface area contributed by atoms with E-state index in [1.54, 1.807) is 13.3 Å². The average molecular weight is 224 g/mol. The zero-order chi connectivity index (χ0) is 11.7. The Bertz CT molecular complexity index is 658. The number of hydrogen-bond donors (Lipinski definition) is 1. The van der Waals surface area contributed by atoms with Crippen molar-refractivity contribution in [3.8, 4) is 16.9 Å². The van der Waals surface area contributed by atoms with E-state index in [4.69, 9.17) is 4.74 Å². The number of benzene rings is 1. The van der Waals surface area contributed by atoms with Crippen LogP contribution in [0.5, 0.6) is 5.75 Å². The Kier molecular flexibility index (Phi) is 2.29. The smallest absolute Gasteiger partial charge is 0.137 e.